The number of urea groups is 1. The third kappa shape index (κ3) is 3.58. The van der Waals surface area contributed by atoms with Gasteiger partial charge in [0.05, 0.1) is 13.1 Å². The van der Waals surface area contributed by atoms with Crippen LogP contribution >= 0.6 is 11.8 Å². The highest BCUT2D eigenvalue weighted by Gasteiger charge is 2.43. The molecule has 1 aliphatic heterocycles. The Kier molecular flexibility index (Phi) is 4.80. The van der Waals surface area contributed by atoms with Crippen LogP contribution in [0.1, 0.15) is 26.2 Å². The number of ether oxygens (including phenoxy) is 1. The summed E-state index contributed by atoms with van der Waals surface area (Å²) in [6.45, 7) is 2.41. The van der Waals surface area contributed by atoms with Crippen molar-refractivity contribution < 1.29 is 19.4 Å². The smallest absolute Gasteiger partial charge is 0.329 e. The number of amides is 2. The molecule has 1 saturated carbocycles. The van der Waals surface area contributed by atoms with Crippen molar-refractivity contribution in [3.05, 3.63) is 0 Å². The Morgan fingerprint density at radius 1 is 1.45 bits per heavy atom. The van der Waals surface area contributed by atoms with Crippen LogP contribution in [0.5, 0.6) is 0 Å². The molecule has 20 heavy (non-hydrogen) atoms. The first-order valence-corrected chi connectivity index (χ1v) is 8.16. The minimum atomic E-state index is -0.983. The summed E-state index contributed by atoms with van der Waals surface area (Å²) < 4.78 is 5.29. The molecule has 114 valence electrons. The first kappa shape index (κ1) is 15.4. The summed E-state index contributed by atoms with van der Waals surface area (Å²) in [5.74, 6) is -0.983. The Hall–Kier alpha value is -0.950. The lowest BCUT2D eigenvalue weighted by Crippen LogP contribution is -2.66. The molecule has 0 aromatic heterocycles. The van der Waals surface area contributed by atoms with Crippen molar-refractivity contribution in [2.75, 3.05) is 26.0 Å². The van der Waals surface area contributed by atoms with Crippen LogP contribution in [0.15, 0.2) is 0 Å². The fourth-order valence-electron chi connectivity index (χ4n) is 2.86. The molecular weight excluding hydrogens is 280 g/mol. The van der Waals surface area contributed by atoms with Gasteiger partial charge in [0.25, 0.3) is 0 Å². The fourth-order valence-corrected chi connectivity index (χ4v) is 3.79. The topological polar surface area (TPSA) is 78.9 Å². The molecule has 2 aliphatic rings. The minimum Gasteiger partial charge on any atom is -0.480 e. The summed E-state index contributed by atoms with van der Waals surface area (Å²) in [7, 11) is 0. The SMILES string of the molecule is CSC1CCCC1NC(=O)N1CC(C)(OCC(=O)O)C1. The number of likely N-dealkylation sites (tertiary alicyclic amines) is 1. The van der Waals surface area contributed by atoms with Gasteiger partial charge in [-0.05, 0) is 26.0 Å². The molecule has 0 aromatic rings. The largest absolute Gasteiger partial charge is 0.480 e. The van der Waals surface area contributed by atoms with E-state index in [2.05, 4.69) is 11.6 Å². The van der Waals surface area contributed by atoms with Crippen molar-refractivity contribution in [1.29, 1.82) is 0 Å². The van der Waals surface area contributed by atoms with Gasteiger partial charge in [-0.25, -0.2) is 9.59 Å². The highest BCUT2D eigenvalue weighted by Crippen LogP contribution is 2.29. The van der Waals surface area contributed by atoms with E-state index in [1.54, 1.807) is 4.90 Å². The number of hydrogen-bond donors (Lipinski definition) is 2. The van der Waals surface area contributed by atoms with Crippen molar-refractivity contribution >= 4 is 23.8 Å². The second kappa shape index (κ2) is 6.22. The van der Waals surface area contributed by atoms with E-state index >= 15 is 0 Å². The lowest BCUT2D eigenvalue weighted by molar-refractivity contribution is -0.159. The summed E-state index contributed by atoms with van der Waals surface area (Å²) in [6, 6.07) is 0.191. The van der Waals surface area contributed by atoms with E-state index in [1.165, 1.54) is 0 Å². The maximum absolute atomic E-state index is 12.1. The van der Waals surface area contributed by atoms with Crippen LogP contribution in [-0.2, 0) is 9.53 Å². The average Bonchev–Trinajstić information content (AvgIpc) is 2.80. The molecular formula is C13H22N2O4S. The van der Waals surface area contributed by atoms with Gasteiger partial charge in [0.2, 0.25) is 0 Å². The third-order valence-corrected chi connectivity index (χ3v) is 5.12. The van der Waals surface area contributed by atoms with E-state index < -0.39 is 11.6 Å². The number of nitrogens with zero attached hydrogens (tertiary/aromatic N) is 1. The molecule has 1 aliphatic carbocycles. The van der Waals surface area contributed by atoms with Crippen LogP contribution in [-0.4, -0.2) is 64.9 Å². The van der Waals surface area contributed by atoms with Gasteiger partial charge >= 0.3 is 12.0 Å². The molecule has 2 rings (SSSR count). The molecule has 0 spiro atoms. The van der Waals surface area contributed by atoms with E-state index in [1.807, 2.05) is 18.7 Å². The standard InChI is InChI=1S/C13H22N2O4S/c1-13(19-6-11(16)17)7-15(8-13)12(18)14-9-4-3-5-10(9)20-2/h9-10H,3-8H2,1-2H3,(H,14,18)(H,16,17). The van der Waals surface area contributed by atoms with Crippen molar-refractivity contribution in [3.8, 4) is 0 Å². The molecule has 2 N–H and O–H groups in total. The summed E-state index contributed by atoms with van der Waals surface area (Å²) in [5.41, 5.74) is -0.523. The van der Waals surface area contributed by atoms with Gasteiger partial charge < -0.3 is 20.1 Å². The monoisotopic (exact) mass is 302 g/mol. The van der Waals surface area contributed by atoms with Gasteiger partial charge in [-0.1, -0.05) is 6.42 Å². The Balaban J connectivity index is 1.74. The average molecular weight is 302 g/mol. The number of rotatable bonds is 5. The second-order valence-corrected chi connectivity index (χ2v) is 6.83. The quantitative estimate of drug-likeness (QED) is 0.796. The number of carbonyl (C=O) groups excluding carboxylic acids is 1. The third-order valence-electron chi connectivity index (χ3n) is 3.95. The highest BCUT2D eigenvalue weighted by molar-refractivity contribution is 7.99. The zero-order chi connectivity index (χ0) is 14.8. The Morgan fingerprint density at radius 2 is 2.15 bits per heavy atom. The van der Waals surface area contributed by atoms with Crippen LogP contribution in [0.3, 0.4) is 0 Å². The Morgan fingerprint density at radius 3 is 2.75 bits per heavy atom. The molecule has 0 aromatic carbocycles. The first-order valence-electron chi connectivity index (χ1n) is 6.87. The zero-order valence-electron chi connectivity index (χ0n) is 11.9. The summed E-state index contributed by atoms with van der Waals surface area (Å²) in [5, 5.41) is 12.2. The van der Waals surface area contributed by atoms with Crippen LogP contribution < -0.4 is 5.32 Å². The van der Waals surface area contributed by atoms with Gasteiger partial charge in [0, 0.05) is 11.3 Å². The number of aliphatic carboxylic acids is 1. The van der Waals surface area contributed by atoms with Gasteiger partial charge in [-0.3, -0.25) is 0 Å². The predicted octanol–water partition coefficient (Wildman–Crippen LogP) is 1.16. The lowest BCUT2D eigenvalue weighted by atomic mass is 9.97. The van der Waals surface area contributed by atoms with E-state index in [4.69, 9.17) is 9.84 Å². The van der Waals surface area contributed by atoms with E-state index in [9.17, 15) is 9.59 Å². The first-order chi connectivity index (χ1) is 9.43. The number of thioether (sulfide) groups is 1. The molecule has 0 bridgehead atoms. The predicted molar refractivity (Wildman–Crippen MR) is 77.0 cm³/mol. The molecule has 0 radical (unpaired) electrons. The second-order valence-electron chi connectivity index (χ2n) is 5.75. The minimum absolute atomic E-state index is 0.0626. The number of carboxylic acids is 1. The van der Waals surface area contributed by atoms with Crippen LogP contribution in [0, 0.1) is 0 Å². The van der Waals surface area contributed by atoms with E-state index in [0.29, 0.717) is 18.3 Å². The van der Waals surface area contributed by atoms with Gasteiger partial charge in [0.1, 0.15) is 12.2 Å². The molecule has 7 heteroatoms. The molecule has 2 unspecified atom stereocenters. The van der Waals surface area contributed by atoms with E-state index in [-0.39, 0.29) is 18.7 Å². The van der Waals surface area contributed by atoms with Gasteiger partial charge in [-0.15, -0.1) is 0 Å². The Bertz CT molecular complexity index is 385. The number of carbonyl (C=O) groups is 2. The van der Waals surface area contributed by atoms with Gasteiger partial charge in [-0.2, -0.15) is 11.8 Å². The van der Waals surface area contributed by atoms with E-state index in [0.717, 1.165) is 19.3 Å². The van der Waals surface area contributed by atoms with Gasteiger partial charge in [0.15, 0.2) is 0 Å². The lowest BCUT2D eigenvalue weighted by Gasteiger charge is -2.47. The fraction of sp³-hybridized carbons (Fsp3) is 0.846. The summed E-state index contributed by atoms with van der Waals surface area (Å²) >= 11 is 1.81. The molecule has 6 nitrogen and oxygen atoms in total. The zero-order valence-corrected chi connectivity index (χ0v) is 12.7. The van der Waals surface area contributed by atoms with Crippen molar-refractivity contribution in [3.63, 3.8) is 0 Å². The van der Waals surface area contributed by atoms with Crippen LogP contribution in [0.25, 0.3) is 0 Å². The highest BCUT2D eigenvalue weighted by atomic mass is 32.2. The summed E-state index contributed by atoms with van der Waals surface area (Å²) in [4.78, 5) is 24.3. The molecule has 2 atom stereocenters. The maximum Gasteiger partial charge on any atom is 0.329 e. The molecule has 1 saturated heterocycles. The normalized spacial score (nSPS) is 28.0. The van der Waals surface area contributed by atoms with Crippen molar-refractivity contribution in [2.45, 2.75) is 43.1 Å². The number of hydrogen-bond acceptors (Lipinski definition) is 4. The number of carboxylic acid groups (broad SMARTS) is 1. The maximum atomic E-state index is 12.1. The summed E-state index contributed by atoms with van der Waals surface area (Å²) in [6.07, 6.45) is 5.44. The van der Waals surface area contributed by atoms with Crippen molar-refractivity contribution in [1.82, 2.24) is 10.2 Å². The number of nitrogens with one attached hydrogen (secondary N) is 1. The van der Waals surface area contributed by atoms with Crippen LogP contribution in [0.4, 0.5) is 4.79 Å². The molecule has 2 fully saturated rings. The van der Waals surface area contributed by atoms with Crippen LogP contribution in [0.2, 0.25) is 0 Å². The van der Waals surface area contributed by atoms with Crippen molar-refractivity contribution in [2.24, 2.45) is 0 Å². The molecule has 2 amide bonds. The Labute approximate surface area is 123 Å². The molecule has 1 heterocycles.